The quantitative estimate of drug-likeness (QED) is 0.641. The molecule has 0 aromatic heterocycles. The van der Waals surface area contributed by atoms with Gasteiger partial charge in [0, 0.05) is 13.0 Å². The second-order valence-electron chi connectivity index (χ2n) is 5.92. The average molecular weight is 354 g/mol. The normalized spacial score (nSPS) is 11.4. The van der Waals surface area contributed by atoms with Crippen molar-refractivity contribution in [1.29, 1.82) is 0 Å². The Labute approximate surface area is 152 Å². The molecule has 0 radical (unpaired) electrons. The highest BCUT2D eigenvalue weighted by Gasteiger charge is 2.21. The highest BCUT2D eigenvalue weighted by atomic mass is 16.4. The van der Waals surface area contributed by atoms with Crippen LogP contribution in [0.25, 0.3) is 0 Å². The van der Waals surface area contributed by atoms with E-state index in [1.165, 1.54) is 0 Å². The van der Waals surface area contributed by atoms with Crippen molar-refractivity contribution in [2.75, 3.05) is 0 Å². The first-order valence-electron chi connectivity index (χ1n) is 8.41. The summed E-state index contributed by atoms with van der Waals surface area (Å²) in [6.45, 7) is 0.317. The van der Waals surface area contributed by atoms with Crippen LogP contribution in [-0.4, -0.2) is 28.9 Å². The molecular formula is C20H22N2O4. The van der Waals surface area contributed by atoms with Crippen LogP contribution in [0.5, 0.6) is 0 Å². The fourth-order valence-corrected chi connectivity index (χ4v) is 2.47. The summed E-state index contributed by atoms with van der Waals surface area (Å²) in [7, 11) is 0. The fraction of sp³-hybridized carbons (Fsp3) is 0.250. The lowest BCUT2D eigenvalue weighted by Gasteiger charge is -2.18. The second-order valence-corrected chi connectivity index (χ2v) is 5.92. The van der Waals surface area contributed by atoms with Gasteiger partial charge in [-0.15, -0.1) is 0 Å². The van der Waals surface area contributed by atoms with E-state index in [-0.39, 0.29) is 25.2 Å². The van der Waals surface area contributed by atoms with Gasteiger partial charge in [0.15, 0.2) is 0 Å². The Balaban J connectivity index is 1.93. The number of rotatable bonds is 9. The number of benzene rings is 2. The Morgan fingerprint density at radius 2 is 1.46 bits per heavy atom. The predicted octanol–water partition coefficient (Wildman–Crippen LogP) is 1.90. The summed E-state index contributed by atoms with van der Waals surface area (Å²) in [5, 5.41) is 14.3. The molecule has 1 atom stereocenters. The molecule has 136 valence electrons. The van der Waals surface area contributed by atoms with Crippen molar-refractivity contribution in [2.24, 2.45) is 0 Å². The molecule has 0 spiro atoms. The van der Waals surface area contributed by atoms with E-state index in [0.29, 0.717) is 6.54 Å². The number of carbonyl (C=O) groups is 3. The largest absolute Gasteiger partial charge is 0.481 e. The minimum Gasteiger partial charge on any atom is -0.481 e. The van der Waals surface area contributed by atoms with Crippen LogP contribution in [0.2, 0.25) is 0 Å². The third-order valence-electron chi connectivity index (χ3n) is 3.82. The molecule has 0 saturated carbocycles. The van der Waals surface area contributed by atoms with E-state index < -0.39 is 17.9 Å². The van der Waals surface area contributed by atoms with Crippen molar-refractivity contribution in [3.63, 3.8) is 0 Å². The molecule has 6 nitrogen and oxygen atoms in total. The number of carboxylic acid groups (broad SMARTS) is 1. The molecule has 0 aliphatic heterocycles. The van der Waals surface area contributed by atoms with Gasteiger partial charge in [-0.2, -0.15) is 0 Å². The molecule has 2 aromatic rings. The molecule has 0 aliphatic carbocycles. The van der Waals surface area contributed by atoms with Crippen LogP contribution in [0.15, 0.2) is 60.7 Å². The van der Waals surface area contributed by atoms with Crippen molar-refractivity contribution >= 4 is 17.8 Å². The van der Waals surface area contributed by atoms with E-state index in [4.69, 9.17) is 5.11 Å². The first-order chi connectivity index (χ1) is 12.5. The van der Waals surface area contributed by atoms with Gasteiger partial charge in [-0.05, 0) is 17.5 Å². The van der Waals surface area contributed by atoms with Gasteiger partial charge >= 0.3 is 5.97 Å². The Morgan fingerprint density at radius 1 is 0.885 bits per heavy atom. The maximum absolute atomic E-state index is 12.4. The Hall–Kier alpha value is -3.15. The van der Waals surface area contributed by atoms with Crippen molar-refractivity contribution < 1.29 is 19.5 Å². The summed E-state index contributed by atoms with van der Waals surface area (Å²) in [5.74, 6) is -1.72. The van der Waals surface area contributed by atoms with Crippen molar-refractivity contribution in [1.82, 2.24) is 10.6 Å². The zero-order valence-corrected chi connectivity index (χ0v) is 14.4. The van der Waals surface area contributed by atoms with Crippen LogP contribution >= 0.6 is 0 Å². The third kappa shape index (κ3) is 6.76. The molecule has 0 heterocycles. The maximum Gasteiger partial charge on any atom is 0.303 e. The SMILES string of the molecule is O=C(O)CCC(NC(=O)Cc1ccccc1)C(=O)NCc1ccccc1. The first kappa shape index (κ1) is 19.2. The van der Waals surface area contributed by atoms with Crippen molar-refractivity contribution in [3.05, 3.63) is 71.8 Å². The smallest absolute Gasteiger partial charge is 0.303 e. The lowest BCUT2D eigenvalue weighted by atomic mass is 10.1. The molecule has 2 amide bonds. The summed E-state index contributed by atoms with van der Waals surface area (Å²) < 4.78 is 0. The summed E-state index contributed by atoms with van der Waals surface area (Å²) in [6.07, 6.45) is -0.0259. The first-order valence-corrected chi connectivity index (χ1v) is 8.41. The standard InChI is InChI=1S/C20H22N2O4/c23-18(13-15-7-3-1-4-8-15)22-17(11-12-19(24)25)20(26)21-14-16-9-5-2-6-10-16/h1-10,17H,11-14H2,(H,21,26)(H,22,23)(H,24,25). The Kier molecular flexibility index (Phi) is 7.36. The van der Waals surface area contributed by atoms with Crippen molar-refractivity contribution in [2.45, 2.75) is 31.8 Å². The number of aliphatic carboxylic acids is 1. The molecule has 6 heteroatoms. The molecule has 0 aliphatic rings. The molecule has 0 bridgehead atoms. The summed E-state index contributed by atoms with van der Waals surface area (Å²) in [5.41, 5.74) is 1.75. The number of hydrogen-bond acceptors (Lipinski definition) is 3. The van der Waals surface area contributed by atoms with Gasteiger partial charge in [0.25, 0.3) is 0 Å². The highest BCUT2D eigenvalue weighted by Crippen LogP contribution is 2.04. The topological polar surface area (TPSA) is 95.5 Å². The van der Waals surface area contributed by atoms with Crippen LogP contribution in [-0.2, 0) is 27.3 Å². The van der Waals surface area contributed by atoms with Crippen LogP contribution < -0.4 is 10.6 Å². The van der Waals surface area contributed by atoms with Crippen LogP contribution in [0.4, 0.5) is 0 Å². The van der Waals surface area contributed by atoms with E-state index in [1.54, 1.807) is 0 Å². The van der Waals surface area contributed by atoms with Gasteiger partial charge in [0.2, 0.25) is 11.8 Å². The van der Waals surface area contributed by atoms with Gasteiger partial charge < -0.3 is 15.7 Å². The zero-order chi connectivity index (χ0) is 18.8. The zero-order valence-electron chi connectivity index (χ0n) is 14.4. The van der Waals surface area contributed by atoms with Crippen molar-refractivity contribution in [3.8, 4) is 0 Å². The number of hydrogen-bond donors (Lipinski definition) is 3. The van der Waals surface area contributed by atoms with Crippen LogP contribution in [0, 0.1) is 0 Å². The minimum absolute atomic E-state index is 0.0382. The molecule has 1 unspecified atom stereocenters. The highest BCUT2D eigenvalue weighted by molar-refractivity contribution is 5.88. The summed E-state index contributed by atoms with van der Waals surface area (Å²) in [6, 6.07) is 17.6. The molecule has 0 fully saturated rings. The monoisotopic (exact) mass is 354 g/mol. The third-order valence-corrected chi connectivity index (χ3v) is 3.82. The average Bonchev–Trinajstić information content (AvgIpc) is 2.64. The van der Waals surface area contributed by atoms with E-state index >= 15 is 0 Å². The fourth-order valence-electron chi connectivity index (χ4n) is 2.47. The number of amides is 2. The van der Waals surface area contributed by atoms with Gasteiger partial charge in [0.1, 0.15) is 6.04 Å². The molecule has 0 saturated heterocycles. The van der Waals surface area contributed by atoms with E-state index in [0.717, 1.165) is 11.1 Å². The van der Waals surface area contributed by atoms with E-state index in [2.05, 4.69) is 10.6 Å². The Bertz CT molecular complexity index is 732. The second kappa shape index (κ2) is 9.98. The molecule has 3 N–H and O–H groups in total. The predicted molar refractivity (Wildman–Crippen MR) is 97.2 cm³/mol. The molecule has 2 rings (SSSR count). The van der Waals surface area contributed by atoms with Crippen LogP contribution in [0.3, 0.4) is 0 Å². The molecular weight excluding hydrogens is 332 g/mol. The molecule has 2 aromatic carbocycles. The summed E-state index contributed by atoms with van der Waals surface area (Å²) in [4.78, 5) is 35.4. The maximum atomic E-state index is 12.4. The number of carbonyl (C=O) groups excluding carboxylic acids is 2. The van der Waals surface area contributed by atoms with Gasteiger partial charge in [-0.25, -0.2) is 0 Å². The lowest BCUT2D eigenvalue weighted by Crippen LogP contribution is -2.47. The number of nitrogens with one attached hydrogen (secondary N) is 2. The lowest BCUT2D eigenvalue weighted by molar-refractivity contribution is -0.138. The van der Waals surface area contributed by atoms with Crippen LogP contribution in [0.1, 0.15) is 24.0 Å². The minimum atomic E-state index is -1.01. The van der Waals surface area contributed by atoms with E-state index in [9.17, 15) is 14.4 Å². The Morgan fingerprint density at radius 3 is 2.04 bits per heavy atom. The van der Waals surface area contributed by atoms with Gasteiger partial charge in [-0.3, -0.25) is 14.4 Å². The van der Waals surface area contributed by atoms with E-state index in [1.807, 2.05) is 60.7 Å². The summed E-state index contributed by atoms with van der Waals surface area (Å²) >= 11 is 0. The van der Waals surface area contributed by atoms with Gasteiger partial charge in [0.05, 0.1) is 6.42 Å². The van der Waals surface area contributed by atoms with Gasteiger partial charge in [-0.1, -0.05) is 60.7 Å². The number of carboxylic acids is 1. The molecule has 26 heavy (non-hydrogen) atoms.